The molecule has 1 aromatic heterocycles. The number of hydrogen-bond acceptors (Lipinski definition) is 2. The van der Waals surface area contributed by atoms with Crippen LogP contribution in [0, 0.1) is 5.92 Å². The lowest BCUT2D eigenvalue weighted by Gasteiger charge is -2.10. The lowest BCUT2D eigenvalue weighted by molar-refractivity contribution is 0.476. The average Bonchev–Trinajstić information content (AvgIpc) is 2.88. The van der Waals surface area contributed by atoms with Gasteiger partial charge in [0, 0.05) is 18.9 Å². The van der Waals surface area contributed by atoms with Gasteiger partial charge in [0.1, 0.15) is 0 Å². The van der Waals surface area contributed by atoms with Crippen molar-refractivity contribution in [3.05, 3.63) is 18.7 Å². The summed E-state index contributed by atoms with van der Waals surface area (Å²) in [6.45, 7) is 3.44. The van der Waals surface area contributed by atoms with Crippen LogP contribution in [0.3, 0.4) is 0 Å². The maximum atomic E-state index is 4.03. The quantitative estimate of drug-likeness (QED) is 0.724. The number of aryl methyl sites for hydroxylation is 1. The van der Waals surface area contributed by atoms with Gasteiger partial charge in [0.2, 0.25) is 0 Å². The molecule has 1 N–H and O–H groups in total. The Hall–Kier alpha value is -0.830. The first-order valence-corrected chi connectivity index (χ1v) is 6.11. The van der Waals surface area contributed by atoms with Crippen LogP contribution >= 0.6 is 0 Å². The van der Waals surface area contributed by atoms with Gasteiger partial charge in [0.05, 0.1) is 6.33 Å². The second kappa shape index (κ2) is 5.91. The van der Waals surface area contributed by atoms with E-state index in [4.69, 9.17) is 0 Å². The number of nitrogens with zero attached hydrogens (tertiary/aromatic N) is 2. The summed E-state index contributed by atoms with van der Waals surface area (Å²) < 4.78 is 2.14. The zero-order chi connectivity index (χ0) is 10.3. The van der Waals surface area contributed by atoms with Gasteiger partial charge in [-0.05, 0) is 38.3 Å². The van der Waals surface area contributed by atoms with Gasteiger partial charge in [-0.15, -0.1) is 0 Å². The van der Waals surface area contributed by atoms with Gasteiger partial charge in [-0.1, -0.05) is 12.8 Å². The third-order valence-corrected chi connectivity index (χ3v) is 3.24. The molecular formula is C12H21N3. The van der Waals surface area contributed by atoms with Crippen molar-refractivity contribution in [2.24, 2.45) is 5.92 Å². The second-order valence-corrected chi connectivity index (χ2v) is 4.51. The Morgan fingerprint density at radius 1 is 1.33 bits per heavy atom. The summed E-state index contributed by atoms with van der Waals surface area (Å²) in [6.07, 6.45) is 12.7. The number of rotatable bonds is 6. The molecule has 0 saturated heterocycles. The predicted octanol–water partition coefficient (Wildman–Crippen LogP) is 2.05. The fraction of sp³-hybridized carbons (Fsp3) is 0.750. The highest BCUT2D eigenvalue weighted by molar-refractivity contribution is 4.74. The highest BCUT2D eigenvalue weighted by Crippen LogP contribution is 2.23. The number of imidazole rings is 1. The summed E-state index contributed by atoms with van der Waals surface area (Å²) in [6, 6.07) is 0. The summed E-state index contributed by atoms with van der Waals surface area (Å²) in [4.78, 5) is 4.03. The maximum Gasteiger partial charge on any atom is 0.0945 e. The Morgan fingerprint density at radius 2 is 2.20 bits per heavy atom. The average molecular weight is 207 g/mol. The van der Waals surface area contributed by atoms with E-state index in [2.05, 4.69) is 14.9 Å². The van der Waals surface area contributed by atoms with Crippen molar-refractivity contribution in [2.45, 2.75) is 38.6 Å². The normalized spacial score (nSPS) is 17.3. The minimum atomic E-state index is 0.957. The van der Waals surface area contributed by atoms with E-state index in [9.17, 15) is 0 Å². The molecule has 0 atom stereocenters. The molecule has 0 amide bonds. The molecule has 0 spiro atoms. The maximum absolute atomic E-state index is 4.03. The monoisotopic (exact) mass is 207 g/mol. The van der Waals surface area contributed by atoms with E-state index in [0.29, 0.717) is 0 Å². The highest BCUT2D eigenvalue weighted by atomic mass is 15.0. The van der Waals surface area contributed by atoms with E-state index >= 15 is 0 Å². The molecule has 3 nitrogen and oxygen atoms in total. The fourth-order valence-electron chi connectivity index (χ4n) is 2.33. The number of nitrogens with one attached hydrogen (secondary N) is 1. The van der Waals surface area contributed by atoms with E-state index in [1.807, 2.05) is 18.7 Å². The van der Waals surface area contributed by atoms with Crippen LogP contribution in [0.25, 0.3) is 0 Å². The summed E-state index contributed by atoms with van der Waals surface area (Å²) in [5.41, 5.74) is 0. The second-order valence-electron chi connectivity index (χ2n) is 4.51. The largest absolute Gasteiger partial charge is 0.337 e. The van der Waals surface area contributed by atoms with Crippen molar-refractivity contribution in [1.82, 2.24) is 14.9 Å². The lowest BCUT2D eigenvalue weighted by Crippen LogP contribution is -2.23. The number of hydrogen-bond donors (Lipinski definition) is 1. The van der Waals surface area contributed by atoms with E-state index in [1.165, 1.54) is 38.6 Å². The lowest BCUT2D eigenvalue weighted by atomic mass is 10.1. The molecule has 0 bridgehead atoms. The molecule has 1 fully saturated rings. The summed E-state index contributed by atoms with van der Waals surface area (Å²) in [5.74, 6) is 0.957. The van der Waals surface area contributed by atoms with Gasteiger partial charge < -0.3 is 9.88 Å². The van der Waals surface area contributed by atoms with Crippen molar-refractivity contribution in [1.29, 1.82) is 0 Å². The Kier molecular flexibility index (Phi) is 4.21. The zero-order valence-corrected chi connectivity index (χ0v) is 9.36. The van der Waals surface area contributed by atoms with Gasteiger partial charge in [-0.3, -0.25) is 0 Å². The first-order valence-electron chi connectivity index (χ1n) is 6.11. The van der Waals surface area contributed by atoms with Crippen LogP contribution in [0.2, 0.25) is 0 Å². The molecule has 0 unspecified atom stereocenters. The summed E-state index contributed by atoms with van der Waals surface area (Å²) >= 11 is 0. The van der Waals surface area contributed by atoms with Crippen molar-refractivity contribution in [2.75, 3.05) is 13.1 Å². The van der Waals surface area contributed by atoms with Crippen molar-refractivity contribution in [3.8, 4) is 0 Å². The zero-order valence-electron chi connectivity index (χ0n) is 9.36. The molecule has 0 radical (unpaired) electrons. The third-order valence-electron chi connectivity index (χ3n) is 3.24. The molecule has 84 valence electrons. The Labute approximate surface area is 91.9 Å². The van der Waals surface area contributed by atoms with E-state index in [1.54, 1.807) is 0 Å². The van der Waals surface area contributed by atoms with Crippen molar-refractivity contribution < 1.29 is 0 Å². The Balaban J connectivity index is 1.48. The van der Waals surface area contributed by atoms with Crippen LogP contribution in [0.15, 0.2) is 18.7 Å². The molecule has 1 aliphatic carbocycles. The molecule has 1 heterocycles. The van der Waals surface area contributed by atoms with Crippen LogP contribution in [0.5, 0.6) is 0 Å². The SMILES string of the molecule is c1cn(CCCNCC2CCCC2)cn1. The summed E-state index contributed by atoms with van der Waals surface area (Å²) in [7, 11) is 0. The molecule has 2 rings (SSSR count). The van der Waals surface area contributed by atoms with Gasteiger partial charge in [-0.2, -0.15) is 0 Å². The summed E-state index contributed by atoms with van der Waals surface area (Å²) in [5, 5.41) is 3.56. The van der Waals surface area contributed by atoms with Gasteiger partial charge >= 0.3 is 0 Å². The van der Waals surface area contributed by atoms with Crippen LogP contribution in [-0.4, -0.2) is 22.6 Å². The molecule has 1 aromatic rings. The fourth-order valence-corrected chi connectivity index (χ4v) is 2.33. The van der Waals surface area contributed by atoms with E-state index in [0.717, 1.165) is 19.0 Å². The molecule has 0 aliphatic heterocycles. The molecule has 15 heavy (non-hydrogen) atoms. The third kappa shape index (κ3) is 3.67. The highest BCUT2D eigenvalue weighted by Gasteiger charge is 2.13. The van der Waals surface area contributed by atoms with Crippen LogP contribution < -0.4 is 5.32 Å². The van der Waals surface area contributed by atoms with Crippen molar-refractivity contribution >= 4 is 0 Å². The first kappa shape index (κ1) is 10.7. The topological polar surface area (TPSA) is 29.9 Å². The molecular weight excluding hydrogens is 186 g/mol. The first-order chi connectivity index (χ1) is 7.45. The van der Waals surface area contributed by atoms with Crippen molar-refractivity contribution in [3.63, 3.8) is 0 Å². The van der Waals surface area contributed by atoms with Crippen LogP contribution in [-0.2, 0) is 6.54 Å². The molecule has 3 heteroatoms. The van der Waals surface area contributed by atoms with Gasteiger partial charge in [0.15, 0.2) is 0 Å². The van der Waals surface area contributed by atoms with Crippen LogP contribution in [0.4, 0.5) is 0 Å². The Bertz CT molecular complexity index is 250. The Morgan fingerprint density at radius 3 is 2.93 bits per heavy atom. The van der Waals surface area contributed by atoms with Gasteiger partial charge in [-0.25, -0.2) is 4.98 Å². The smallest absolute Gasteiger partial charge is 0.0945 e. The molecule has 1 aliphatic rings. The predicted molar refractivity (Wildman–Crippen MR) is 61.7 cm³/mol. The molecule has 0 aromatic carbocycles. The molecule has 1 saturated carbocycles. The minimum Gasteiger partial charge on any atom is -0.337 e. The number of aromatic nitrogens is 2. The minimum absolute atomic E-state index is 0.957. The standard InChI is InChI=1S/C12H21N3/c1-2-5-12(4-1)10-13-6-3-8-15-9-7-14-11-15/h7,9,11-13H,1-6,8,10H2. The van der Waals surface area contributed by atoms with Crippen LogP contribution in [0.1, 0.15) is 32.1 Å². The van der Waals surface area contributed by atoms with E-state index < -0.39 is 0 Å². The van der Waals surface area contributed by atoms with Gasteiger partial charge in [0.25, 0.3) is 0 Å². The van der Waals surface area contributed by atoms with E-state index in [-0.39, 0.29) is 0 Å².